The van der Waals surface area contributed by atoms with Crippen LogP contribution in [0.25, 0.3) is 5.69 Å². The maximum absolute atomic E-state index is 12.8. The van der Waals surface area contributed by atoms with Gasteiger partial charge in [0.2, 0.25) is 5.91 Å². The first-order valence-corrected chi connectivity index (χ1v) is 13.3. The van der Waals surface area contributed by atoms with Gasteiger partial charge >= 0.3 is 5.97 Å². The molecule has 196 valence electrons. The topological polar surface area (TPSA) is 95.3 Å². The van der Waals surface area contributed by atoms with Crippen LogP contribution < -0.4 is 10.1 Å². The maximum Gasteiger partial charge on any atom is 0.338 e. The number of amides is 1. The lowest BCUT2D eigenvalue weighted by atomic mass is 10.1. The van der Waals surface area contributed by atoms with Gasteiger partial charge in [0.05, 0.1) is 28.6 Å². The summed E-state index contributed by atoms with van der Waals surface area (Å²) >= 11 is 7.47. The number of para-hydroxylation sites is 2. The van der Waals surface area contributed by atoms with Crippen molar-refractivity contribution in [3.63, 3.8) is 0 Å². The van der Waals surface area contributed by atoms with Crippen molar-refractivity contribution in [3.8, 4) is 11.4 Å². The molecule has 0 bridgehead atoms. The number of carbonyl (C=O) groups excluding carboxylic acids is 2. The highest BCUT2D eigenvalue weighted by molar-refractivity contribution is 7.99. The number of nitrogens with one attached hydrogen (secondary N) is 1. The molecular formula is C28H27ClN4O4S. The minimum atomic E-state index is -0.486. The average Bonchev–Trinajstić information content (AvgIpc) is 3.32. The van der Waals surface area contributed by atoms with Gasteiger partial charge in [0.1, 0.15) is 12.4 Å². The molecule has 0 unspecified atom stereocenters. The monoisotopic (exact) mass is 550 g/mol. The summed E-state index contributed by atoms with van der Waals surface area (Å²) in [5.74, 6) is 0.662. The number of rotatable bonds is 10. The Morgan fingerprint density at radius 1 is 1.00 bits per heavy atom. The number of nitrogens with zero attached hydrogens (tertiary/aromatic N) is 3. The van der Waals surface area contributed by atoms with Crippen molar-refractivity contribution >= 4 is 40.9 Å². The molecule has 1 heterocycles. The molecule has 10 heteroatoms. The molecular weight excluding hydrogens is 524 g/mol. The second-order valence-corrected chi connectivity index (χ2v) is 9.68. The first-order chi connectivity index (χ1) is 18.4. The minimum absolute atomic E-state index is 0.0443. The number of carbonyl (C=O) groups is 2. The van der Waals surface area contributed by atoms with Crippen LogP contribution in [-0.4, -0.2) is 39.0 Å². The summed E-state index contributed by atoms with van der Waals surface area (Å²) < 4.78 is 13.0. The van der Waals surface area contributed by atoms with E-state index >= 15 is 0 Å². The molecule has 0 aliphatic rings. The van der Waals surface area contributed by atoms with Gasteiger partial charge in [-0.2, -0.15) is 0 Å². The second-order valence-electron chi connectivity index (χ2n) is 8.33. The van der Waals surface area contributed by atoms with Gasteiger partial charge in [0, 0.05) is 5.69 Å². The van der Waals surface area contributed by atoms with Gasteiger partial charge in [-0.3, -0.25) is 9.36 Å². The molecule has 4 aromatic rings. The Kier molecular flexibility index (Phi) is 9.04. The van der Waals surface area contributed by atoms with Gasteiger partial charge < -0.3 is 14.8 Å². The third-order valence-electron chi connectivity index (χ3n) is 5.55. The Balaban J connectivity index is 1.50. The SMILES string of the molecule is CCOC(=O)c1ccc(Cl)c(NC(=O)CSc2nnc(COc3c(C)cccc3C)n2-c2ccccc2)c1. The van der Waals surface area contributed by atoms with Crippen LogP contribution >= 0.6 is 23.4 Å². The van der Waals surface area contributed by atoms with Crippen LogP contribution in [0, 0.1) is 13.8 Å². The van der Waals surface area contributed by atoms with Crippen molar-refractivity contribution in [2.45, 2.75) is 32.5 Å². The highest BCUT2D eigenvalue weighted by Gasteiger charge is 2.18. The molecule has 0 atom stereocenters. The summed E-state index contributed by atoms with van der Waals surface area (Å²) in [6.45, 7) is 6.18. The van der Waals surface area contributed by atoms with E-state index < -0.39 is 5.97 Å². The van der Waals surface area contributed by atoms with Crippen LogP contribution in [0.5, 0.6) is 5.75 Å². The number of benzene rings is 3. The molecule has 1 aromatic heterocycles. The third kappa shape index (κ3) is 6.54. The van der Waals surface area contributed by atoms with Crippen molar-refractivity contribution in [2.75, 3.05) is 17.7 Å². The second kappa shape index (κ2) is 12.6. The lowest BCUT2D eigenvalue weighted by molar-refractivity contribution is -0.113. The minimum Gasteiger partial charge on any atom is -0.485 e. The average molecular weight is 551 g/mol. The number of halogens is 1. The summed E-state index contributed by atoms with van der Waals surface area (Å²) in [7, 11) is 0. The molecule has 38 heavy (non-hydrogen) atoms. The molecule has 0 fully saturated rings. The summed E-state index contributed by atoms with van der Waals surface area (Å²) in [5, 5.41) is 12.3. The molecule has 1 N–H and O–H groups in total. The van der Waals surface area contributed by atoms with Crippen LogP contribution in [0.2, 0.25) is 5.02 Å². The van der Waals surface area contributed by atoms with Crippen molar-refractivity contribution in [3.05, 3.63) is 94.3 Å². The lowest BCUT2D eigenvalue weighted by Crippen LogP contribution is -2.16. The fraction of sp³-hybridized carbons (Fsp3) is 0.214. The number of anilines is 1. The summed E-state index contributed by atoms with van der Waals surface area (Å²) in [6.07, 6.45) is 0. The smallest absolute Gasteiger partial charge is 0.338 e. The summed E-state index contributed by atoms with van der Waals surface area (Å²) in [6, 6.07) is 20.2. The fourth-order valence-electron chi connectivity index (χ4n) is 3.77. The highest BCUT2D eigenvalue weighted by Crippen LogP contribution is 2.27. The lowest BCUT2D eigenvalue weighted by Gasteiger charge is -2.14. The Morgan fingerprint density at radius 2 is 1.74 bits per heavy atom. The van der Waals surface area contributed by atoms with Gasteiger partial charge in [-0.25, -0.2) is 4.79 Å². The maximum atomic E-state index is 12.8. The van der Waals surface area contributed by atoms with Crippen molar-refractivity contribution < 1.29 is 19.1 Å². The summed E-state index contributed by atoms with van der Waals surface area (Å²) in [5.41, 5.74) is 3.55. The normalized spacial score (nSPS) is 10.7. The van der Waals surface area contributed by atoms with Crippen molar-refractivity contribution in [2.24, 2.45) is 0 Å². The quantitative estimate of drug-likeness (QED) is 0.190. The molecule has 3 aromatic carbocycles. The molecule has 0 radical (unpaired) electrons. The molecule has 0 aliphatic carbocycles. The Morgan fingerprint density at radius 3 is 2.45 bits per heavy atom. The predicted octanol–water partition coefficient (Wildman–Crippen LogP) is 6.02. The molecule has 8 nitrogen and oxygen atoms in total. The number of aryl methyl sites for hydroxylation is 2. The van der Waals surface area contributed by atoms with E-state index in [0.717, 1.165) is 22.6 Å². The number of esters is 1. The van der Waals surface area contributed by atoms with Gasteiger partial charge in [-0.1, -0.05) is 59.8 Å². The molecule has 1 amide bonds. The standard InChI is InChI=1S/C28H27ClN4O4S/c1-4-36-27(35)20-13-14-22(29)23(15-20)30-25(34)17-38-28-32-31-24(33(28)21-11-6-5-7-12-21)16-37-26-18(2)9-8-10-19(26)3/h5-15H,4,16-17H2,1-3H3,(H,30,34). The molecule has 0 aliphatic heterocycles. The summed E-state index contributed by atoms with van der Waals surface area (Å²) in [4.78, 5) is 24.8. The van der Waals surface area contributed by atoms with E-state index in [-0.39, 0.29) is 24.9 Å². The van der Waals surface area contributed by atoms with E-state index in [1.54, 1.807) is 19.1 Å². The Hall–Kier alpha value is -3.82. The zero-order chi connectivity index (χ0) is 27.1. The number of hydrogen-bond acceptors (Lipinski definition) is 7. The van der Waals surface area contributed by atoms with Crippen LogP contribution in [-0.2, 0) is 16.1 Å². The number of thioether (sulfide) groups is 1. The van der Waals surface area contributed by atoms with Crippen LogP contribution in [0.15, 0.2) is 71.9 Å². The largest absolute Gasteiger partial charge is 0.485 e. The number of ether oxygens (including phenoxy) is 2. The van der Waals surface area contributed by atoms with E-state index in [1.165, 1.54) is 17.8 Å². The Labute approximate surface area is 230 Å². The van der Waals surface area contributed by atoms with Crippen molar-refractivity contribution in [1.82, 2.24) is 14.8 Å². The van der Waals surface area contributed by atoms with E-state index in [2.05, 4.69) is 15.5 Å². The molecule has 0 saturated heterocycles. The number of aromatic nitrogens is 3. The van der Waals surface area contributed by atoms with Crippen molar-refractivity contribution in [1.29, 1.82) is 0 Å². The van der Waals surface area contributed by atoms with Crippen LogP contribution in [0.3, 0.4) is 0 Å². The van der Waals surface area contributed by atoms with Gasteiger partial charge in [0.25, 0.3) is 0 Å². The zero-order valence-electron chi connectivity index (χ0n) is 21.2. The van der Waals surface area contributed by atoms with Crippen LogP contribution in [0.4, 0.5) is 5.69 Å². The first kappa shape index (κ1) is 27.2. The van der Waals surface area contributed by atoms with Gasteiger partial charge in [-0.05, 0) is 62.2 Å². The molecule has 4 rings (SSSR count). The van der Waals surface area contributed by atoms with E-state index in [9.17, 15) is 9.59 Å². The zero-order valence-corrected chi connectivity index (χ0v) is 22.8. The first-order valence-electron chi connectivity index (χ1n) is 12.0. The molecule has 0 spiro atoms. The van der Waals surface area contributed by atoms with E-state index in [0.29, 0.717) is 27.3 Å². The van der Waals surface area contributed by atoms with Gasteiger partial charge in [0.15, 0.2) is 11.0 Å². The van der Waals surface area contributed by atoms with E-state index in [1.807, 2.05) is 66.9 Å². The highest BCUT2D eigenvalue weighted by atomic mass is 35.5. The number of hydrogen-bond donors (Lipinski definition) is 1. The van der Waals surface area contributed by atoms with Gasteiger partial charge in [-0.15, -0.1) is 10.2 Å². The molecule has 0 saturated carbocycles. The Bertz CT molecular complexity index is 1420. The third-order valence-corrected chi connectivity index (χ3v) is 6.81. The predicted molar refractivity (Wildman–Crippen MR) is 148 cm³/mol. The van der Waals surface area contributed by atoms with Crippen LogP contribution in [0.1, 0.15) is 34.2 Å². The fourth-order valence-corrected chi connectivity index (χ4v) is 4.70. The van der Waals surface area contributed by atoms with E-state index in [4.69, 9.17) is 21.1 Å².